The topological polar surface area (TPSA) is 44.3 Å². The number of pyridine rings is 1. The van der Waals surface area contributed by atoms with Crippen molar-refractivity contribution in [1.82, 2.24) is 0 Å². The number of aryl methyl sites for hydroxylation is 1. The Hall–Kier alpha value is -1.25. The van der Waals surface area contributed by atoms with Gasteiger partial charge in [0.15, 0.2) is 11.9 Å². The van der Waals surface area contributed by atoms with Crippen LogP contribution in [-0.4, -0.2) is 10.2 Å². The van der Waals surface area contributed by atoms with Crippen LogP contribution in [0.2, 0.25) is 0 Å². The average molecular weight is 210 g/mol. The number of unbranched alkanes of at least 4 members (excludes halogenated alkanes) is 3. The molecule has 0 aliphatic rings. The third-order valence-corrected chi connectivity index (χ3v) is 2.68. The first-order chi connectivity index (χ1) is 7.16. The van der Waals surface area contributed by atoms with Crippen LogP contribution in [0.5, 0.6) is 11.5 Å². The van der Waals surface area contributed by atoms with Gasteiger partial charge in [0.2, 0.25) is 11.4 Å². The van der Waals surface area contributed by atoms with Gasteiger partial charge >= 0.3 is 0 Å². The lowest BCUT2D eigenvalue weighted by atomic mass is 10.2. The lowest BCUT2D eigenvalue weighted by Gasteiger charge is -2.03. The normalized spacial score (nSPS) is 10.5. The summed E-state index contributed by atoms with van der Waals surface area (Å²) in [5.74, 6) is -0.0506. The van der Waals surface area contributed by atoms with E-state index in [0.717, 1.165) is 18.7 Å². The molecule has 0 aliphatic heterocycles. The van der Waals surface area contributed by atoms with Crippen molar-refractivity contribution in [3.05, 3.63) is 18.0 Å². The molecule has 1 aromatic heterocycles. The predicted molar refractivity (Wildman–Crippen MR) is 58.8 cm³/mol. The number of rotatable bonds is 5. The van der Waals surface area contributed by atoms with Gasteiger partial charge in [0.1, 0.15) is 6.54 Å². The van der Waals surface area contributed by atoms with Crippen LogP contribution in [0.25, 0.3) is 0 Å². The zero-order valence-electron chi connectivity index (χ0n) is 9.53. The summed E-state index contributed by atoms with van der Waals surface area (Å²) in [6, 6.07) is 1.53. The Balaban J connectivity index is 2.58. The Bertz CT molecular complexity index is 324. The Kier molecular flexibility index (Phi) is 4.40. The maximum atomic E-state index is 9.52. The van der Waals surface area contributed by atoms with Crippen LogP contribution < -0.4 is 4.57 Å². The van der Waals surface area contributed by atoms with Crippen LogP contribution in [0.1, 0.15) is 38.3 Å². The molecule has 15 heavy (non-hydrogen) atoms. The fraction of sp³-hybridized carbons (Fsp3) is 0.583. The van der Waals surface area contributed by atoms with Gasteiger partial charge in [0.05, 0.1) is 0 Å². The largest absolute Gasteiger partial charge is 0.504 e. The van der Waals surface area contributed by atoms with Gasteiger partial charge in [0.25, 0.3) is 0 Å². The highest BCUT2D eigenvalue weighted by Gasteiger charge is 2.14. The van der Waals surface area contributed by atoms with Crippen molar-refractivity contribution in [3.8, 4) is 11.5 Å². The van der Waals surface area contributed by atoms with Crippen LogP contribution in [-0.2, 0) is 6.54 Å². The minimum Gasteiger partial charge on any atom is -0.504 e. The zero-order valence-corrected chi connectivity index (χ0v) is 9.53. The maximum absolute atomic E-state index is 9.52. The predicted octanol–water partition coefficient (Wildman–Crippen LogP) is 2.27. The van der Waals surface area contributed by atoms with Gasteiger partial charge in [-0.1, -0.05) is 19.8 Å². The zero-order chi connectivity index (χ0) is 11.3. The lowest BCUT2D eigenvalue weighted by molar-refractivity contribution is -0.703. The number of hydrogen-bond donors (Lipinski definition) is 2. The fourth-order valence-electron chi connectivity index (χ4n) is 1.62. The highest BCUT2D eigenvalue weighted by molar-refractivity contribution is 5.36. The molecule has 3 heteroatoms. The molecule has 0 spiro atoms. The van der Waals surface area contributed by atoms with Crippen LogP contribution in [0.4, 0.5) is 0 Å². The Morgan fingerprint density at radius 1 is 1.20 bits per heavy atom. The van der Waals surface area contributed by atoms with Gasteiger partial charge in [-0.3, -0.25) is 0 Å². The molecule has 0 bridgehead atoms. The van der Waals surface area contributed by atoms with Gasteiger partial charge in [0, 0.05) is 19.4 Å². The Morgan fingerprint density at radius 3 is 2.60 bits per heavy atom. The molecule has 1 rings (SSSR count). The molecule has 0 aliphatic carbocycles. The Morgan fingerprint density at radius 2 is 1.93 bits per heavy atom. The van der Waals surface area contributed by atoms with E-state index in [2.05, 4.69) is 6.92 Å². The van der Waals surface area contributed by atoms with Crippen molar-refractivity contribution in [3.63, 3.8) is 0 Å². The minimum atomic E-state index is -0.0442. The van der Waals surface area contributed by atoms with E-state index in [-0.39, 0.29) is 11.5 Å². The summed E-state index contributed by atoms with van der Waals surface area (Å²) in [5.41, 5.74) is 0.728. The molecule has 1 aromatic rings. The highest BCUT2D eigenvalue weighted by Crippen LogP contribution is 2.24. The van der Waals surface area contributed by atoms with E-state index in [0.29, 0.717) is 0 Å². The number of aromatic hydroxyl groups is 2. The van der Waals surface area contributed by atoms with Crippen molar-refractivity contribution in [2.75, 3.05) is 0 Å². The van der Waals surface area contributed by atoms with E-state index in [1.54, 1.807) is 0 Å². The maximum Gasteiger partial charge on any atom is 0.226 e. The molecular weight excluding hydrogens is 190 g/mol. The van der Waals surface area contributed by atoms with E-state index < -0.39 is 0 Å². The number of nitrogens with zero attached hydrogens (tertiary/aromatic N) is 1. The average Bonchev–Trinajstić information content (AvgIpc) is 2.24. The molecule has 0 saturated heterocycles. The smallest absolute Gasteiger partial charge is 0.226 e. The van der Waals surface area contributed by atoms with E-state index in [1.807, 2.05) is 17.7 Å². The third kappa shape index (κ3) is 3.11. The molecule has 2 N–H and O–H groups in total. The van der Waals surface area contributed by atoms with Crippen molar-refractivity contribution in [2.45, 2.75) is 46.1 Å². The Labute approximate surface area is 91.0 Å². The SMILES string of the molecule is CCCCCC[n+]1ccc(O)c(O)c1C. The van der Waals surface area contributed by atoms with Gasteiger partial charge in [-0.15, -0.1) is 0 Å². The first kappa shape index (κ1) is 11.8. The molecular formula is C12H20NO2+. The van der Waals surface area contributed by atoms with Crippen molar-refractivity contribution in [2.24, 2.45) is 0 Å². The van der Waals surface area contributed by atoms with Gasteiger partial charge in [-0.2, -0.15) is 4.57 Å². The van der Waals surface area contributed by atoms with E-state index in [4.69, 9.17) is 0 Å². The van der Waals surface area contributed by atoms with E-state index >= 15 is 0 Å². The molecule has 1 heterocycles. The number of aromatic nitrogens is 1. The first-order valence-corrected chi connectivity index (χ1v) is 5.57. The molecule has 0 fully saturated rings. The van der Waals surface area contributed by atoms with E-state index in [1.165, 1.54) is 25.3 Å². The quantitative estimate of drug-likeness (QED) is 0.578. The molecule has 0 aromatic carbocycles. The molecule has 0 radical (unpaired) electrons. The van der Waals surface area contributed by atoms with Crippen LogP contribution in [0.3, 0.4) is 0 Å². The summed E-state index contributed by atoms with van der Waals surface area (Å²) in [6.45, 7) is 4.90. The number of hydrogen-bond acceptors (Lipinski definition) is 2. The summed E-state index contributed by atoms with van der Waals surface area (Å²) in [6.07, 6.45) is 6.62. The second-order valence-electron chi connectivity index (χ2n) is 3.89. The van der Waals surface area contributed by atoms with Crippen molar-refractivity contribution >= 4 is 0 Å². The second kappa shape index (κ2) is 5.59. The van der Waals surface area contributed by atoms with Crippen LogP contribution in [0, 0.1) is 6.92 Å². The van der Waals surface area contributed by atoms with Crippen LogP contribution in [0.15, 0.2) is 12.3 Å². The minimum absolute atomic E-state index is 0.00649. The lowest BCUT2D eigenvalue weighted by Crippen LogP contribution is -2.36. The second-order valence-corrected chi connectivity index (χ2v) is 3.89. The van der Waals surface area contributed by atoms with E-state index in [9.17, 15) is 10.2 Å². The molecule has 84 valence electrons. The third-order valence-electron chi connectivity index (χ3n) is 2.68. The summed E-state index contributed by atoms with van der Waals surface area (Å²) in [5, 5.41) is 18.8. The van der Waals surface area contributed by atoms with Crippen molar-refractivity contribution in [1.29, 1.82) is 0 Å². The molecule has 0 atom stereocenters. The summed E-state index contributed by atoms with van der Waals surface area (Å²) in [4.78, 5) is 0. The van der Waals surface area contributed by atoms with Crippen molar-refractivity contribution < 1.29 is 14.8 Å². The molecule has 0 unspecified atom stereocenters. The first-order valence-electron chi connectivity index (χ1n) is 5.57. The summed E-state index contributed by atoms with van der Waals surface area (Å²) >= 11 is 0. The van der Waals surface area contributed by atoms with Gasteiger partial charge in [-0.05, 0) is 6.42 Å². The monoisotopic (exact) mass is 210 g/mol. The highest BCUT2D eigenvalue weighted by atomic mass is 16.3. The molecule has 0 amide bonds. The molecule has 3 nitrogen and oxygen atoms in total. The summed E-state index contributed by atoms with van der Waals surface area (Å²) < 4.78 is 1.98. The van der Waals surface area contributed by atoms with Gasteiger partial charge in [-0.25, -0.2) is 0 Å². The van der Waals surface area contributed by atoms with Crippen LogP contribution >= 0.6 is 0 Å². The summed E-state index contributed by atoms with van der Waals surface area (Å²) in [7, 11) is 0. The fourth-order valence-corrected chi connectivity index (χ4v) is 1.62. The standard InChI is InChI=1S/C12H19NO2/c1-3-4-5-6-8-13-9-7-11(14)12(15)10(13)2/h7,9,15H,3-6,8H2,1-2H3/p+1. The van der Waals surface area contributed by atoms with Gasteiger partial charge < -0.3 is 10.2 Å². The molecule has 0 saturated carbocycles.